The number of nitrogens with zero attached hydrogens (tertiary/aromatic N) is 2. The molecule has 2 heterocycles. The highest BCUT2D eigenvalue weighted by Gasteiger charge is 2.52. The van der Waals surface area contributed by atoms with Crippen LogP contribution in [0, 0.1) is 5.92 Å². The number of hydrogen-bond donors (Lipinski definition) is 0. The maximum atomic E-state index is 5.81. The molecule has 4 aliphatic rings. The molecule has 2 heteroatoms. The number of fused-ring (bicyclic) bond motifs is 10. The summed E-state index contributed by atoms with van der Waals surface area (Å²) in [6.45, 7) is 6.93. The van der Waals surface area contributed by atoms with Gasteiger partial charge in [0.25, 0.3) is 0 Å². The van der Waals surface area contributed by atoms with Gasteiger partial charge in [-0.3, -0.25) is 9.98 Å². The molecule has 0 fully saturated rings. The molecule has 8 aromatic rings. The Morgan fingerprint density at radius 1 is 0.463 bits per heavy atom. The van der Waals surface area contributed by atoms with Crippen molar-refractivity contribution in [3.63, 3.8) is 0 Å². The Kier molecular flexibility index (Phi) is 10.1. The SMILES string of the molecule is CC1=C(c2ccccc2)C(C)=C(c2ccccc2)N=C(c2ccc3c(c2)-c2cc(C4N=C(c5ccccc5)CCC=C(c5ccccc5)C4C)ccc2C32c3ccccc3-c3ccccc32)C1. The molecular weight excluding hydrogens is 809 g/mol. The standard InChI is InChI=1S/C65H52N2/c1-42-39-61(67-64(48-27-14-7-15-28-48)44(3)62(42)47-25-12-6-13-26-47)49-35-37-58-54(40-49)55-41-50(36-38-59(55)65(58)56-32-18-16-29-52(56)53-30-17-19-33-57(53)65)63-43(2)51(45-21-8-4-9-22-45)31-20-34-60(66-63)46-23-10-5-11-24-46/h4-19,21-33,35-38,40-41,43,63H,20,34,39H2,1-3H3. The minimum Gasteiger partial charge on any atom is -0.280 e. The molecule has 2 nitrogen and oxygen atoms in total. The van der Waals surface area contributed by atoms with Crippen LogP contribution in [-0.4, -0.2) is 11.4 Å². The van der Waals surface area contributed by atoms with E-state index in [2.05, 4.69) is 233 Å². The summed E-state index contributed by atoms with van der Waals surface area (Å²) >= 11 is 0. The molecule has 0 saturated heterocycles. The van der Waals surface area contributed by atoms with Gasteiger partial charge in [0.05, 0.1) is 22.9 Å². The lowest BCUT2D eigenvalue weighted by molar-refractivity contribution is 0.578. The topological polar surface area (TPSA) is 24.7 Å². The Bertz CT molecular complexity index is 3340. The zero-order valence-corrected chi connectivity index (χ0v) is 38.4. The quantitative estimate of drug-likeness (QED) is 0.159. The van der Waals surface area contributed by atoms with Crippen molar-refractivity contribution >= 4 is 28.3 Å². The summed E-state index contributed by atoms with van der Waals surface area (Å²) < 4.78 is 0. The summed E-state index contributed by atoms with van der Waals surface area (Å²) in [4.78, 5) is 11.5. The van der Waals surface area contributed by atoms with Gasteiger partial charge in [0.2, 0.25) is 0 Å². The van der Waals surface area contributed by atoms with Crippen molar-refractivity contribution in [3.8, 4) is 22.3 Å². The summed E-state index contributed by atoms with van der Waals surface area (Å²) in [6, 6.07) is 76.1. The number of allylic oxidation sites excluding steroid dienone is 4. The zero-order valence-electron chi connectivity index (χ0n) is 38.4. The smallest absolute Gasteiger partial charge is 0.0818 e. The number of benzene rings is 8. The predicted molar refractivity (Wildman–Crippen MR) is 281 cm³/mol. The van der Waals surface area contributed by atoms with Crippen LogP contribution in [0.3, 0.4) is 0 Å². The third-order valence-corrected chi connectivity index (χ3v) is 15.0. The van der Waals surface area contributed by atoms with E-state index in [1.54, 1.807) is 0 Å². The van der Waals surface area contributed by atoms with Crippen LogP contribution in [0.25, 0.3) is 39.1 Å². The van der Waals surface area contributed by atoms with Crippen molar-refractivity contribution in [2.45, 2.75) is 51.5 Å². The van der Waals surface area contributed by atoms with Crippen LogP contribution in [0.1, 0.15) is 102 Å². The maximum absolute atomic E-state index is 5.81. The van der Waals surface area contributed by atoms with Crippen molar-refractivity contribution in [3.05, 3.63) is 279 Å². The van der Waals surface area contributed by atoms with Crippen LogP contribution in [-0.2, 0) is 5.41 Å². The fourth-order valence-corrected chi connectivity index (χ4v) is 12.0. The predicted octanol–water partition coefficient (Wildman–Crippen LogP) is 16.2. The summed E-state index contributed by atoms with van der Waals surface area (Å²) in [6.07, 6.45) is 5.06. The second-order valence-corrected chi connectivity index (χ2v) is 18.7. The van der Waals surface area contributed by atoms with Gasteiger partial charge in [0.15, 0.2) is 0 Å². The molecular formula is C65H52N2. The van der Waals surface area contributed by atoms with Crippen molar-refractivity contribution in [1.29, 1.82) is 0 Å². The number of aliphatic imine (C=N–C) groups is 2. The molecule has 8 aromatic carbocycles. The van der Waals surface area contributed by atoms with Crippen LogP contribution in [0.2, 0.25) is 0 Å². The molecule has 0 bridgehead atoms. The van der Waals surface area contributed by atoms with Crippen molar-refractivity contribution in [2.24, 2.45) is 15.9 Å². The minimum absolute atomic E-state index is 0.101. The van der Waals surface area contributed by atoms with Gasteiger partial charge in [-0.05, 0) is 128 Å². The van der Waals surface area contributed by atoms with Crippen molar-refractivity contribution in [1.82, 2.24) is 0 Å². The van der Waals surface area contributed by atoms with E-state index in [-0.39, 0.29) is 12.0 Å². The summed E-state index contributed by atoms with van der Waals surface area (Å²) in [5.74, 6) is 0.133. The Morgan fingerprint density at radius 2 is 0.985 bits per heavy atom. The third-order valence-electron chi connectivity index (χ3n) is 15.0. The molecule has 1 spiro atoms. The monoisotopic (exact) mass is 860 g/mol. The molecule has 0 amide bonds. The van der Waals surface area contributed by atoms with Gasteiger partial charge in [0, 0.05) is 23.6 Å². The lowest BCUT2D eigenvalue weighted by Gasteiger charge is -2.31. The van der Waals surface area contributed by atoms with E-state index in [0.717, 1.165) is 41.8 Å². The van der Waals surface area contributed by atoms with E-state index in [9.17, 15) is 0 Å². The number of hydrogen-bond acceptors (Lipinski definition) is 2. The Hall–Kier alpha value is -7.68. The van der Waals surface area contributed by atoms with E-state index in [4.69, 9.17) is 9.98 Å². The highest BCUT2D eigenvalue weighted by atomic mass is 14.8. The molecule has 2 aliphatic carbocycles. The average molecular weight is 861 g/mol. The minimum atomic E-state index is -0.470. The van der Waals surface area contributed by atoms with Crippen LogP contribution < -0.4 is 0 Å². The zero-order chi connectivity index (χ0) is 45.1. The average Bonchev–Trinajstić information content (AvgIpc) is 3.79. The molecule has 67 heavy (non-hydrogen) atoms. The van der Waals surface area contributed by atoms with Gasteiger partial charge >= 0.3 is 0 Å². The van der Waals surface area contributed by atoms with Crippen LogP contribution in [0.5, 0.6) is 0 Å². The highest BCUT2D eigenvalue weighted by molar-refractivity contribution is 6.10. The van der Waals surface area contributed by atoms with E-state index in [0.29, 0.717) is 0 Å². The molecule has 0 N–H and O–H groups in total. The first-order valence-corrected chi connectivity index (χ1v) is 23.9. The first-order chi connectivity index (χ1) is 33.0. The summed E-state index contributed by atoms with van der Waals surface area (Å²) in [5.41, 5.74) is 25.7. The van der Waals surface area contributed by atoms with Gasteiger partial charge in [-0.25, -0.2) is 0 Å². The lowest BCUT2D eigenvalue weighted by atomic mass is 9.70. The highest BCUT2D eigenvalue weighted by Crippen LogP contribution is 2.63. The summed E-state index contributed by atoms with van der Waals surface area (Å²) in [7, 11) is 0. The van der Waals surface area contributed by atoms with E-state index < -0.39 is 5.41 Å². The van der Waals surface area contributed by atoms with E-state index in [1.807, 2.05) is 0 Å². The van der Waals surface area contributed by atoms with Crippen LogP contribution >= 0.6 is 0 Å². The van der Waals surface area contributed by atoms with Gasteiger partial charge in [-0.2, -0.15) is 0 Å². The molecule has 2 atom stereocenters. The van der Waals surface area contributed by atoms with Crippen LogP contribution in [0.4, 0.5) is 0 Å². The molecule has 2 unspecified atom stereocenters. The lowest BCUT2D eigenvalue weighted by Crippen LogP contribution is -2.26. The Balaban J connectivity index is 1.08. The van der Waals surface area contributed by atoms with Gasteiger partial charge in [-0.15, -0.1) is 0 Å². The second kappa shape index (κ2) is 16.6. The third kappa shape index (κ3) is 6.69. The van der Waals surface area contributed by atoms with E-state index in [1.165, 1.54) is 94.8 Å². The largest absolute Gasteiger partial charge is 0.280 e. The van der Waals surface area contributed by atoms with Crippen LogP contribution in [0.15, 0.2) is 233 Å². The van der Waals surface area contributed by atoms with Crippen molar-refractivity contribution in [2.75, 3.05) is 0 Å². The molecule has 12 rings (SSSR count). The fourth-order valence-electron chi connectivity index (χ4n) is 12.0. The van der Waals surface area contributed by atoms with Gasteiger partial charge in [-0.1, -0.05) is 213 Å². The Morgan fingerprint density at radius 3 is 1.63 bits per heavy atom. The maximum Gasteiger partial charge on any atom is 0.0818 e. The number of rotatable bonds is 6. The normalized spacial score (nSPS) is 18.2. The van der Waals surface area contributed by atoms with Gasteiger partial charge < -0.3 is 0 Å². The second-order valence-electron chi connectivity index (χ2n) is 18.7. The van der Waals surface area contributed by atoms with Gasteiger partial charge in [0.1, 0.15) is 0 Å². The van der Waals surface area contributed by atoms with Crippen molar-refractivity contribution < 1.29 is 0 Å². The molecule has 0 radical (unpaired) electrons. The molecule has 2 aliphatic heterocycles. The molecule has 0 saturated carbocycles. The first-order valence-electron chi connectivity index (χ1n) is 23.9. The molecule has 0 aromatic heterocycles. The summed E-state index contributed by atoms with van der Waals surface area (Å²) in [5, 5.41) is 0. The molecule has 322 valence electrons. The van der Waals surface area contributed by atoms with E-state index >= 15 is 0 Å². The Labute approximate surface area is 395 Å². The fraction of sp³-hybridized carbons (Fsp3) is 0.138. The first kappa shape index (κ1) is 40.8.